The second kappa shape index (κ2) is 8.32. The predicted octanol–water partition coefficient (Wildman–Crippen LogP) is 6.55. The molecule has 1 saturated carbocycles. The van der Waals surface area contributed by atoms with E-state index in [1.54, 1.807) is 13.8 Å². The zero-order valence-corrected chi connectivity index (χ0v) is 19.9. The zero-order chi connectivity index (χ0) is 23.1. The lowest BCUT2D eigenvalue weighted by atomic mass is 9.75. The molecule has 0 spiro atoms. The van der Waals surface area contributed by atoms with Crippen molar-refractivity contribution in [3.05, 3.63) is 64.2 Å². The molecule has 1 aliphatic carbocycles. The van der Waals surface area contributed by atoms with Crippen LogP contribution in [-0.2, 0) is 15.6 Å². The first-order valence-electron chi connectivity index (χ1n) is 11.8. The maximum atomic E-state index is 11.5. The Morgan fingerprint density at radius 1 is 1.12 bits per heavy atom. The van der Waals surface area contributed by atoms with Gasteiger partial charge in [-0.3, -0.25) is 4.79 Å². The van der Waals surface area contributed by atoms with Crippen molar-refractivity contribution in [3.8, 4) is 17.6 Å². The van der Waals surface area contributed by atoms with E-state index in [1.165, 1.54) is 24.0 Å². The predicted molar refractivity (Wildman–Crippen MR) is 128 cm³/mol. The van der Waals surface area contributed by atoms with Gasteiger partial charge in [0.05, 0.1) is 11.5 Å². The Labute approximate surface area is 192 Å². The van der Waals surface area contributed by atoms with E-state index in [0.29, 0.717) is 12.0 Å². The molecule has 1 unspecified atom stereocenters. The number of fused-ring (bicyclic) bond motifs is 1. The normalized spacial score (nSPS) is 19.3. The number of rotatable bonds is 5. The summed E-state index contributed by atoms with van der Waals surface area (Å²) in [7, 11) is 0. The minimum atomic E-state index is -0.912. The fraction of sp³-hybridized carbons (Fsp3) is 0.483. The maximum absolute atomic E-state index is 11.5. The maximum Gasteiger partial charge on any atom is 0.313 e. The van der Waals surface area contributed by atoms with Crippen LogP contribution in [0.2, 0.25) is 0 Å². The van der Waals surface area contributed by atoms with E-state index >= 15 is 0 Å². The number of aliphatic carboxylic acids is 1. The molecule has 1 N–H and O–H groups in total. The van der Waals surface area contributed by atoms with Crippen molar-refractivity contribution in [2.75, 3.05) is 0 Å². The Hall–Kier alpha value is -2.73. The Balaban J connectivity index is 1.66. The first kappa shape index (κ1) is 22.5. The largest absolute Gasteiger partial charge is 0.490 e. The van der Waals surface area contributed by atoms with Crippen molar-refractivity contribution in [3.63, 3.8) is 0 Å². The van der Waals surface area contributed by atoms with E-state index in [2.05, 4.69) is 44.7 Å². The highest BCUT2D eigenvalue weighted by atomic mass is 16.5. The first-order valence-corrected chi connectivity index (χ1v) is 11.8. The molecule has 2 aromatic carbocycles. The number of carboxylic acids is 1. The topological polar surface area (TPSA) is 46.5 Å². The Morgan fingerprint density at radius 3 is 2.38 bits per heavy atom. The van der Waals surface area contributed by atoms with Gasteiger partial charge in [0.1, 0.15) is 5.75 Å². The van der Waals surface area contributed by atoms with Crippen LogP contribution in [0, 0.1) is 11.8 Å². The molecule has 0 bridgehead atoms. The Bertz CT molecular complexity index is 1080. The molecule has 2 aromatic rings. The highest BCUT2D eigenvalue weighted by Gasteiger charge is 2.38. The summed E-state index contributed by atoms with van der Waals surface area (Å²) in [5.41, 5.74) is 4.48. The van der Waals surface area contributed by atoms with E-state index in [-0.39, 0.29) is 5.41 Å². The molecule has 0 radical (unpaired) electrons. The molecular formula is C29H34O3. The molecule has 2 aliphatic rings. The number of carbonyl (C=O) groups is 1. The summed E-state index contributed by atoms with van der Waals surface area (Å²) in [6.07, 6.45) is 6.03. The number of hydrogen-bond donors (Lipinski definition) is 1. The van der Waals surface area contributed by atoms with Crippen LogP contribution >= 0.6 is 0 Å². The number of hydrogen-bond acceptors (Lipinski definition) is 2. The molecule has 168 valence electrons. The standard InChI is InChI=1S/C29H34O3/c1-6-7-23-18-28(2,3)25-17-20(16-24(21-12-13-21)26(25)32-23)9-8-19-10-14-22(15-11-19)29(4,5)27(30)31/h10-11,14-17,21,23H,6-7,12-13,18H2,1-5H3,(H,30,31). The molecule has 0 saturated heterocycles. The minimum Gasteiger partial charge on any atom is -0.490 e. The first-order chi connectivity index (χ1) is 15.1. The second-order valence-corrected chi connectivity index (χ2v) is 10.6. The van der Waals surface area contributed by atoms with E-state index in [9.17, 15) is 9.90 Å². The van der Waals surface area contributed by atoms with Gasteiger partial charge < -0.3 is 9.84 Å². The van der Waals surface area contributed by atoms with Crippen molar-refractivity contribution in [2.45, 2.75) is 89.6 Å². The SMILES string of the molecule is CCCC1CC(C)(C)c2cc(C#Cc3ccc(C(C)(C)C(=O)O)cc3)cc(C3CC3)c2O1. The van der Waals surface area contributed by atoms with Gasteiger partial charge in [-0.05, 0) is 86.3 Å². The van der Waals surface area contributed by atoms with Gasteiger partial charge in [-0.1, -0.05) is 51.2 Å². The summed E-state index contributed by atoms with van der Waals surface area (Å²) in [5.74, 6) is 7.53. The molecule has 4 rings (SSSR count). The highest BCUT2D eigenvalue weighted by molar-refractivity contribution is 5.80. The summed E-state index contributed by atoms with van der Waals surface area (Å²) < 4.78 is 6.53. The van der Waals surface area contributed by atoms with Gasteiger partial charge >= 0.3 is 5.97 Å². The molecule has 1 heterocycles. The lowest BCUT2D eigenvalue weighted by Crippen LogP contribution is -2.34. The van der Waals surface area contributed by atoms with Gasteiger partial charge in [0.15, 0.2) is 0 Å². The van der Waals surface area contributed by atoms with Crippen LogP contribution in [0.25, 0.3) is 0 Å². The van der Waals surface area contributed by atoms with Crippen LogP contribution < -0.4 is 4.74 Å². The number of carboxylic acid groups (broad SMARTS) is 1. The third-order valence-corrected chi connectivity index (χ3v) is 6.99. The third kappa shape index (κ3) is 4.42. The van der Waals surface area contributed by atoms with Crippen molar-refractivity contribution in [1.29, 1.82) is 0 Å². The van der Waals surface area contributed by atoms with Crippen LogP contribution in [0.1, 0.15) is 100 Å². The van der Waals surface area contributed by atoms with Gasteiger partial charge in [0.2, 0.25) is 0 Å². The van der Waals surface area contributed by atoms with Crippen LogP contribution in [0.5, 0.6) is 5.75 Å². The van der Waals surface area contributed by atoms with Crippen LogP contribution in [0.4, 0.5) is 0 Å². The summed E-state index contributed by atoms with van der Waals surface area (Å²) in [6, 6.07) is 12.0. The molecule has 0 amide bonds. The molecule has 1 aliphatic heterocycles. The number of benzene rings is 2. The Kier molecular flexibility index (Phi) is 5.84. The zero-order valence-electron chi connectivity index (χ0n) is 19.9. The Morgan fingerprint density at radius 2 is 1.78 bits per heavy atom. The summed E-state index contributed by atoms with van der Waals surface area (Å²) in [5, 5.41) is 9.44. The average Bonchev–Trinajstić information content (AvgIpc) is 3.57. The molecule has 32 heavy (non-hydrogen) atoms. The lowest BCUT2D eigenvalue weighted by molar-refractivity contribution is -0.142. The van der Waals surface area contributed by atoms with Gasteiger partial charge in [0, 0.05) is 16.7 Å². The highest BCUT2D eigenvalue weighted by Crippen LogP contribution is 2.51. The number of ether oxygens (including phenoxy) is 1. The van der Waals surface area contributed by atoms with E-state index < -0.39 is 11.4 Å². The van der Waals surface area contributed by atoms with Gasteiger partial charge in [-0.25, -0.2) is 0 Å². The fourth-order valence-electron chi connectivity index (χ4n) is 4.66. The van der Waals surface area contributed by atoms with Gasteiger partial charge in [-0.15, -0.1) is 0 Å². The van der Waals surface area contributed by atoms with Crippen molar-refractivity contribution < 1.29 is 14.6 Å². The van der Waals surface area contributed by atoms with E-state index in [1.807, 2.05) is 24.3 Å². The smallest absolute Gasteiger partial charge is 0.313 e. The van der Waals surface area contributed by atoms with Crippen molar-refractivity contribution in [2.24, 2.45) is 0 Å². The minimum absolute atomic E-state index is 0.0683. The molecular weight excluding hydrogens is 396 g/mol. The quantitative estimate of drug-likeness (QED) is 0.547. The van der Waals surface area contributed by atoms with Crippen LogP contribution in [-0.4, -0.2) is 17.2 Å². The average molecular weight is 431 g/mol. The second-order valence-electron chi connectivity index (χ2n) is 10.6. The van der Waals surface area contributed by atoms with E-state index in [4.69, 9.17) is 4.74 Å². The molecule has 1 atom stereocenters. The summed E-state index contributed by atoms with van der Waals surface area (Å²) in [4.78, 5) is 11.5. The van der Waals surface area contributed by atoms with Gasteiger partial charge in [0.25, 0.3) is 0 Å². The van der Waals surface area contributed by atoms with Gasteiger partial charge in [-0.2, -0.15) is 0 Å². The summed E-state index contributed by atoms with van der Waals surface area (Å²) in [6.45, 7) is 10.3. The van der Waals surface area contributed by atoms with Crippen LogP contribution in [0.15, 0.2) is 36.4 Å². The van der Waals surface area contributed by atoms with Crippen LogP contribution in [0.3, 0.4) is 0 Å². The molecule has 0 aromatic heterocycles. The summed E-state index contributed by atoms with van der Waals surface area (Å²) >= 11 is 0. The lowest BCUT2D eigenvalue weighted by Gasteiger charge is -2.39. The molecule has 1 fully saturated rings. The van der Waals surface area contributed by atoms with Crippen molar-refractivity contribution >= 4 is 5.97 Å². The third-order valence-electron chi connectivity index (χ3n) is 6.99. The van der Waals surface area contributed by atoms with E-state index in [0.717, 1.165) is 41.7 Å². The van der Waals surface area contributed by atoms with Crippen molar-refractivity contribution in [1.82, 2.24) is 0 Å². The fourth-order valence-corrected chi connectivity index (χ4v) is 4.66. The monoisotopic (exact) mass is 430 g/mol. The molecule has 3 heteroatoms. The molecule has 3 nitrogen and oxygen atoms in total.